The molecule has 7 heteroatoms. The largest absolute Gasteiger partial charge is 0.348 e. The van der Waals surface area contributed by atoms with Gasteiger partial charge in [0.05, 0.1) is 17.2 Å². The lowest BCUT2D eigenvalue weighted by atomic mass is 10.1. The molecule has 1 heterocycles. The Bertz CT molecular complexity index is 1190. The molecule has 3 aromatic rings. The number of rotatable bonds is 6. The van der Waals surface area contributed by atoms with Crippen LogP contribution in [0.4, 0.5) is 15.8 Å². The van der Waals surface area contributed by atoms with Gasteiger partial charge in [-0.25, -0.2) is 4.39 Å². The second-order valence-electron chi connectivity index (χ2n) is 8.09. The van der Waals surface area contributed by atoms with E-state index in [0.717, 1.165) is 11.1 Å². The van der Waals surface area contributed by atoms with Gasteiger partial charge in [-0.05, 0) is 48.9 Å². The molecular weight excluding hydrogens is 421 g/mol. The molecule has 1 saturated heterocycles. The van der Waals surface area contributed by atoms with E-state index in [9.17, 15) is 18.8 Å². The topological polar surface area (TPSA) is 78.5 Å². The van der Waals surface area contributed by atoms with Crippen molar-refractivity contribution in [1.82, 2.24) is 5.32 Å². The summed E-state index contributed by atoms with van der Waals surface area (Å²) in [5, 5.41) is 5.69. The van der Waals surface area contributed by atoms with Gasteiger partial charge in [-0.3, -0.25) is 14.4 Å². The molecule has 1 aliphatic rings. The lowest BCUT2D eigenvalue weighted by molar-refractivity contribution is -0.122. The van der Waals surface area contributed by atoms with Gasteiger partial charge < -0.3 is 15.5 Å². The molecule has 3 aromatic carbocycles. The number of anilines is 2. The molecule has 3 amide bonds. The Balaban J connectivity index is 1.42. The molecule has 33 heavy (non-hydrogen) atoms. The number of para-hydroxylation sites is 1. The fraction of sp³-hybridized carbons (Fsp3) is 0.192. The molecule has 4 rings (SSSR count). The Hall–Kier alpha value is -4.00. The SMILES string of the molecule is Cc1cccc(CNC(=O)c2ccccc2NC(=O)[C@@H]2CC(=O)N(c3ccc(F)cc3)C2)c1. The average Bonchev–Trinajstić information content (AvgIpc) is 3.20. The average molecular weight is 445 g/mol. The summed E-state index contributed by atoms with van der Waals surface area (Å²) in [6.45, 7) is 2.55. The van der Waals surface area contributed by atoms with Gasteiger partial charge in [-0.1, -0.05) is 42.0 Å². The number of halogens is 1. The molecule has 6 nitrogen and oxygen atoms in total. The van der Waals surface area contributed by atoms with Crippen LogP contribution in [0.2, 0.25) is 0 Å². The van der Waals surface area contributed by atoms with Crippen molar-refractivity contribution in [2.45, 2.75) is 19.9 Å². The van der Waals surface area contributed by atoms with E-state index in [-0.39, 0.29) is 30.7 Å². The van der Waals surface area contributed by atoms with Crippen molar-refractivity contribution in [2.24, 2.45) is 5.92 Å². The number of carbonyl (C=O) groups excluding carboxylic acids is 3. The minimum atomic E-state index is -0.578. The first-order valence-corrected chi connectivity index (χ1v) is 10.7. The molecule has 0 radical (unpaired) electrons. The van der Waals surface area contributed by atoms with Crippen LogP contribution in [0.15, 0.2) is 72.8 Å². The van der Waals surface area contributed by atoms with Crippen LogP contribution >= 0.6 is 0 Å². The van der Waals surface area contributed by atoms with Gasteiger partial charge in [0, 0.05) is 25.2 Å². The lowest BCUT2D eigenvalue weighted by Crippen LogP contribution is -2.29. The number of benzene rings is 3. The third-order valence-electron chi connectivity index (χ3n) is 5.60. The van der Waals surface area contributed by atoms with Gasteiger partial charge in [-0.2, -0.15) is 0 Å². The van der Waals surface area contributed by atoms with Crippen LogP contribution in [0.3, 0.4) is 0 Å². The van der Waals surface area contributed by atoms with Gasteiger partial charge in [-0.15, -0.1) is 0 Å². The van der Waals surface area contributed by atoms with Crippen LogP contribution in [0.1, 0.15) is 27.9 Å². The number of amides is 3. The summed E-state index contributed by atoms with van der Waals surface area (Å²) in [6, 6.07) is 20.2. The number of nitrogens with zero attached hydrogens (tertiary/aromatic N) is 1. The number of hydrogen-bond donors (Lipinski definition) is 2. The summed E-state index contributed by atoms with van der Waals surface area (Å²) in [4.78, 5) is 39.6. The Kier molecular flexibility index (Phi) is 6.49. The van der Waals surface area contributed by atoms with Crippen molar-refractivity contribution in [2.75, 3.05) is 16.8 Å². The van der Waals surface area contributed by atoms with Crippen molar-refractivity contribution in [1.29, 1.82) is 0 Å². The Morgan fingerprint density at radius 3 is 2.55 bits per heavy atom. The summed E-state index contributed by atoms with van der Waals surface area (Å²) in [5.41, 5.74) is 3.37. The number of nitrogens with one attached hydrogen (secondary N) is 2. The van der Waals surface area contributed by atoms with Crippen molar-refractivity contribution < 1.29 is 18.8 Å². The Morgan fingerprint density at radius 1 is 1.03 bits per heavy atom. The highest BCUT2D eigenvalue weighted by Crippen LogP contribution is 2.27. The first-order valence-electron chi connectivity index (χ1n) is 10.7. The van der Waals surface area contributed by atoms with E-state index < -0.39 is 11.7 Å². The second kappa shape index (κ2) is 9.65. The maximum atomic E-state index is 13.2. The molecule has 168 valence electrons. The predicted octanol–water partition coefficient (Wildman–Crippen LogP) is 4.06. The highest BCUT2D eigenvalue weighted by molar-refractivity contribution is 6.07. The first kappa shape index (κ1) is 22.2. The van der Waals surface area contributed by atoms with E-state index in [1.807, 2.05) is 31.2 Å². The van der Waals surface area contributed by atoms with Crippen LogP contribution in [0, 0.1) is 18.7 Å². The summed E-state index contributed by atoms with van der Waals surface area (Å²) in [5.74, 6) is -1.82. The number of hydrogen-bond acceptors (Lipinski definition) is 3. The third kappa shape index (κ3) is 5.26. The molecule has 1 atom stereocenters. The van der Waals surface area contributed by atoms with Crippen LogP contribution in [-0.2, 0) is 16.1 Å². The maximum absolute atomic E-state index is 13.2. The molecule has 0 aromatic heterocycles. The summed E-state index contributed by atoms with van der Waals surface area (Å²) >= 11 is 0. The van der Waals surface area contributed by atoms with Crippen LogP contribution < -0.4 is 15.5 Å². The standard InChI is InChI=1S/C26H24FN3O3/c1-17-5-4-6-18(13-17)15-28-26(33)22-7-2-3-8-23(22)29-25(32)19-14-24(31)30(16-19)21-11-9-20(27)10-12-21/h2-13,19H,14-16H2,1H3,(H,28,33)(H,29,32)/t19-/m1/s1. The smallest absolute Gasteiger partial charge is 0.253 e. The van der Waals surface area contributed by atoms with Crippen molar-refractivity contribution in [3.8, 4) is 0 Å². The third-order valence-corrected chi connectivity index (χ3v) is 5.60. The normalized spacial score (nSPS) is 15.4. The molecule has 0 unspecified atom stereocenters. The molecule has 1 aliphatic heterocycles. The maximum Gasteiger partial charge on any atom is 0.253 e. The Labute approximate surface area is 191 Å². The van der Waals surface area contributed by atoms with Crippen molar-refractivity contribution in [3.05, 3.63) is 95.3 Å². The van der Waals surface area contributed by atoms with E-state index in [4.69, 9.17) is 0 Å². The minimum Gasteiger partial charge on any atom is -0.348 e. The van der Waals surface area contributed by atoms with E-state index in [1.54, 1.807) is 24.3 Å². The zero-order valence-electron chi connectivity index (χ0n) is 18.2. The van der Waals surface area contributed by atoms with Crippen molar-refractivity contribution in [3.63, 3.8) is 0 Å². The fourth-order valence-corrected chi connectivity index (χ4v) is 3.88. The van der Waals surface area contributed by atoms with E-state index in [2.05, 4.69) is 10.6 Å². The Morgan fingerprint density at radius 2 is 1.79 bits per heavy atom. The number of aryl methyl sites for hydroxylation is 1. The van der Waals surface area contributed by atoms with E-state index in [0.29, 0.717) is 23.5 Å². The first-order chi connectivity index (χ1) is 15.9. The molecular formula is C26H24FN3O3. The van der Waals surface area contributed by atoms with Crippen LogP contribution in [0.5, 0.6) is 0 Å². The molecule has 1 fully saturated rings. The number of carbonyl (C=O) groups is 3. The molecule has 2 N–H and O–H groups in total. The minimum absolute atomic E-state index is 0.0466. The zero-order chi connectivity index (χ0) is 23.4. The summed E-state index contributed by atoms with van der Waals surface area (Å²) in [7, 11) is 0. The van der Waals surface area contributed by atoms with E-state index >= 15 is 0 Å². The monoisotopic (exact) mass is 445 g/mol. The molecule has 0 aliphatic carbocycles. The van der Waals surface area contributed by atoms with Gasteiger partial charge in [0.2, 0.25) is 11.8 Å². The van der Waals surface area contributed by atoms with Crippen LogP contribution in [0.25, 0.3) is 0 Å². The van der Waals surface area contributed by atoms with Gasteiger partial charge in [0.1, 0.15) is 5.82 Å². The van der Waals surface area contributed by atoms with Crippen LogP contribution in [-0.4, -0.2) is 24.3 Å². The molecule has 0 spiro atoms. The zero-order valence-corrected chi connectivity index (χ0v) is 18.2. The lowest BCUT2D eigenvalue weighted by Gasteiger charge is -2.17. The quantitative estimate of drug-likeness (QED) is 0.601. The van der Waals surface area contributed by atoms with Gasteiger partial charge in [0.15, 0.2) is 0 Å². The predicted molar refractivity (Wildman–Crippen MR) is 124 cm³/mol. The fourth-order valence-electron chi connectivity index (χ4n) is 3.88. The molecule has 0 bridgehead atoms. The highest BCUT2D eigenvalue weighted by atomic mass is 19.1. The summed E-state index contributed by atoms with van der Waals surface area (Å²) in [6.07, 6.45) is 0.0466. The summed E-state index contributed by atoms with van der Waals surface area (Å²) < 4.78 is 13.2. The highest BCUT2D eigenvalue weighted by Gasteiger charge is 2.35. The van der Waals surface area contributed by atoms with Gasteiger partial charge in [0.25, 0.3) is 5.91 Å². The molecule has 0 saturated carbocycles. The van der Waals surface area contributed by atoms with Crippen molar-refractivity contribution >= 4 is 29.1 Å². The van der Waals surface area contributed by atoms with E-state index in [1.165, 1.54) is 29.2 Å². The second-order valence-corrected chi connectivity index (χ2v) is 8.09. The van der Waals surface area contributed by atoms with Gasteiger partial charge >= 0.3 is 0 Å².